The zero-order valence-electron chi connectivity index (χ0n) is 13.6. The van der Waals surface area contributed by atoms with Crippen molar-refractivity contribution in [2.24, 2.45) is 11.7 Å². The predicted octanol–water partition coefficient (Wildman–Crippen LogP) is 4.04. The van der Waals surface area contributed by atoms with E-state index in [9.17, 15) is 0 Å². The van der Waals surface area contributed by atoms with Crippen LogP contribution >= 0.6 is 0 Å². The van der Waals surface area contributed by atoms with E-state index in [2.05, 4.69) is 56.9 Å². The molecule has 0 radical (unpaired) electrons. The third-order valence-electron chi connectivity index (χ3n) is 3.97. The lowest BCUT2D eigenvalue weighted by molar-refractivity contribution is 0.490. The molecule has 0 aliphatic carbocycles. The number of aryl methyl sites for hydroxylation is 2. The molecule has 2 rings (SSSR count). The lowest BCUT2D eigenvalue weighted by Gasteiger charge is -2.14. The number of benzene rings is 1. The zero-order chi connectivity index (χ0) is 15.4. The average molecular weight is 285 g/mol. The van der Waals surface area contributed by atoms with Gasteiger partial charge in [0, 0.05) is 23.7 Å². The molecule has 1 atom stereocenters. The van der Waals surface area contributed by atoms with Crippen LogP contribution in [0.1, 0.15) is 50.2 Å². The minimum absolute atomic E-state index is 0.312. The van der Waals surface area contributed by atoms with Crippen molar-refractivity contribution in [3.8, 4) is 11.3 Å². The normalized spacial score (nSPS) is 12.9. The highest BCUT2D eigenvalue weighted by Crippen LogP contribution is 2.27. The molecule has 1 aromatic heterocycles. The van der Waals surface area contributed by atoms with E-state index < -0.39 is 0 Å². The van der Waals surface area contributed by atoms with E-state index in [1.807, 2.05) is 0 Å². The molecule has 0 fully saturated rings. The highest BCUT2D eigenvalue weighted by atomic mass is 14.9. The number of imidazole rings is 1. The maximum absolute atomic E-state index is 5.93. The molecule has 2 aromatic rings. The van der Waals surface area contributed by atoms with E-state index in [0.717, 1.165) is 30.1 Å². The molecule has 3 N–H and O–H groups in total. The summed E-state index contributed by atoms with van der Waals surface area (Å²) in [5.74, 6) is 1.96. The topological polar surface area (TPSA) is 54.7 Å². The summed E-state index contributed by atoms with van der Waals surface area (Å²) in [5, 5.41) is 0. The quantitative estimate of drug-likeness (QED) is 0.841. The molecule has 3 nitrogen and oxygen atoms in total. The predicted molar refractivity (Wildman–Crippen MR) is 89.4 cm³/mol. The molecular formula is C18H27N3. The van der Waals surface area contributed by atoms with Crippen LogP contribution < -0.4 is 5.73 Å². The lowest BCUT2D eigenvalue weighted by Crippen LogP contribution is -2.16. The maximum Gasteiger partial charge on any atom is 0.111 e. The first kappa shape index (κ1) is 15.8. The molecule has 0 saturated heterocycles. The van der Waals surface area contributed by atoms with Crippen molar-refractivity contribution in [3.05, 3.63) is 41.3 Å². The van der Waals surface area contributed by atoms with Gasteiger partial charge >= 0.3 is 0 Å². The van der Waals surface area contributed by atoms with Gasteiger partial charge in [-0.3, -0.25) is 0 Å². The summed E-state index contributed by atoms with van der Waals surface area (Å²) >= 11 is 0. The van der Waals surface area contributed by atoms with Crippen molar-refractivity contribution in [1.29, 1.82) is 0 Å². The second-order valence-electron chi connectivity index (χ2n) is 6.21. The number of nitrogens with zero attached hydrogens (tertiary/aromatic N) is 1. The number of hydrogen-bond donors (Lipinski definition) is 2. The van der Waals surface area contributed by atoms with Gasteiger partial charge < -0.3 is 10.7 Å². The summed E-state index contributed by atoms with van der Waals surface area (Å²) in [5.41, 5.74) is 10.6. The van der Waals surface area contributed by atoms with Crippen LogP contribution in [0.2, 0.25) is 0 Å². The minimum atomic E-state index is 0.312. The van der Waals surface area contributed by atoms with Crippen molar-refractivity contribution in [2.75, 3.05) is 6.54 Å². The first-order valence-corrected chi connectivity index (χ1v) is 7.91. The van der Waals surface area contributed by atoms with Gasteiger partial charge in [-0.1, -0.05) is 45.0 Å². The molecule has 0 spiro atoms. The third kappa shape index (κ3) is 3.73. The van der Waals surface area contributed by atoms with Crippen LogP contribution in [-0.2, 0) is 6.42 Å². The zero-order valence-corrected chi connectivity index (χ0v) is 13.6. The molecular weight excluding hydrogens is 258 g/mol. The average Bonchev–Trinajstić information content (AvgIpc) is 2.86. The Balaban J connectivity index is 2.29. The molecule has 0 amide bonds. The van der Waals surface area contributed by atoms with Crippen LogP contribution in [0.5, 0.6) is 0 Å². The number of aromatic amines is 1. The van der Waals surface area contributed by atoms with E-state index >= 15 is 0 Å². The van der Waals surface area contributed by atoms with Gasteiger partial charge in [0.2, 0.25) is 0 Å². The van der Waals surface area contributed by atoms with Gasteiger partial charge in [0.05, 0.1) is 5.69 Å². The maximum atomic E-state index is 5.93. The molecule has 1 heterocycles. The Labute approximate surface area is 128 Å². The Hall–Kier alpha value is -1.61. The van der Waals surface area contributed by atoms with Crippen LogP contribution in [0.4, 0.5) is 0 Å². The van der Waals surface area contributed by atoms with Crippen molar-refractivity contribution in [2.45, 2.75) is 46.5 Å². The molecule has 0 aliphatic rings. The SMILES string of the molecule is CCc1ccc(-c2nc(C(CN)CC(C)C)[nH]c2C)cc1. The second-order valence-corrected chi connectivity index (χ2v) is 6.21. The van der Waals surface area contributed by atoms with Gasteiger partial charge in [-0.25, -0.2) is 4.98 Å². The fraction of sp³-hybridized carbons (Fsp3) is 0.500. The van der Waals surface area contributed by atoms with Crippen molar-refractivity contribution < 1.29 is 0 Å². The van der Waals surface area contributed by atoms with E-state index in [1.54, 1.807) is 0 Å². The lowest BCUT2D eigenvalue weighted by atomic mass is 9.97. The summed E-state index contributed by atoms with van der Waals surface area (Å²) in [6.07, 6.45) is 2.13. The van der Waals surface area contributed by atoms with Gasteiger partial charge in [-0.05, 0) is 31.2 Å². The summed E-state index contributed by atoms with van der Waals surface area (Å²) in [7, 11) is 0. The fourth-order valence-electron chi connectivity index (χ4n) is 2.74. The minimum Gasteiger partial charge on any atom is -0.345 e. The van der Waals surface area contributed by atoms with E-state index in [0.29, 0.717) is 18.4 Å². The third-order valence-corrected chi connectivity index (χ3v) is 3.97. The molecule has 0 aliphatic heterocycles. The Bertz CT molecular complexity index is 567. The first-order valence-electron chi connectivity index (χ1n) is 7.91. The second kappa shape index (κ2) is 6.90. The molecule has 1 aromatic carbocycles. The number of aromatic nitrogens is 2. The number of rotatable bonds is 6. The molecule has 21 heavy (non-hydrogen) atoms. The molecule has 3 heteroatoms. The van der Waals surface area contributed by atoms with Gasteiger partial charge in [0.15, 0.2) is 0 Å². The molecule has 0 saturated carbocycles. The molecule has 0 bridgehead atoms. The monoisotopic (exact) mass is 285 g/mol. The Morgan fingerprint density at radius 3 is 2.38 bits per heavy atom. The Kier molecular flexibility index (Phi) is 5.18. The fourth-order valence-corrected chi connectivity index (χ4v) is 2.74. The molecule has 114 valence electrons. The first-order chi connectivity index (χ1) is 10.0. The number of H-pyrrole nitrogens is 1. The highest BCUT2D eigenvalue weighted by Gasteiger charge is 2.17. The largest absolute Gasteiger partial charge is 0.345 e. The molecule has 1 unspecified atom stereocenters. The summed E-state index contributed by atoms with van der Waals surface area (Å²) in [6.45, 7) is 9.35. The van der Waals surface area contributed by atoms with Crippen LogP contribution in [0.25, 0.3) is 11.3 Å². The number of hydrogen-bond acceptors (Lipinski definition) is 2. The summed E-state index contributed by atoms with van der Waals surface area (Å²) < 4.78 is 0. The number of nitrogens with one attached hydrogen (secondary N) is 1. The smallest absolute Gasteiger partial charge is 0.111 e. The van der Waals surface area contributed by atoms with Crippen LogP contribution in [0.3, 0.4) is 0 Å². The standard InChI is InChI=1S/C18H27N3/c1-5-14-6-8-15(9-7-14)17-13(4)20-18(21-17)16(11-19)10-12(2)3/h6-9,12,16H,5,10-11,19H2,1-4H3,(H,20,21). The Morgan fingerprint density at radius 2 is 1.86 bits per heavy atom. The van der Waals surface area contributed by atoms with Gasteiger partial charge in [-0.2, -0.15) is 0 Å². The van der Waals surface area contributed by atoms with Gasteiger partial charge in [0.25, 0.3) is 0 Å². The van der Waals surface area contributed by atoms with Crippen LogP contribution in [-0.4, -0.2) is 16.5 Å². The Morgan fingerprint density at radius 1 is 1.19 bits per heavy atom. The summed E-state index contributed by atoms with van der Waals surface area (Å²) in [6, 6.07) is 8.67. The van der Waals surface area contributed by atoms with E-state index in [-0.39, 0.29) is 0 Å². The van der Waals surface area contributed by atoms with Gasteiger partial charge in [0.1, 0.15) is 5.82 Å². The van der Waals surface area contributed by atoms with E-state index in [4.69, 9.17) is 10.7 Å². The van der Waals surface area contributed by atoms with Crippen molar-refractivity contribution in [3.63, 3.8) is 0 Å². The van der Waals surface area contributed by atoms with Crippen LogP contribution in [0.15, 0.2) is 24.3 Å². The van der Waals surface area contributed by atoms with Gasteiger partial charge in [-0.15, -0.1) is 0 Å². The van der Waals surface area contributed by atoms with Crippen molar-refractivity contribution in [1.82, 2.24) is 9.97 Å². The highest BCUT2D eigenvalue weighted by molar-refractivity contribution is 5.62. The van der Waals surface area contributed by atoms with Crippen LogP contribution in [0, 0.1) is 12.8 Å². The number of nitrogens with two attached hydrogens (primary N) is 1. The van der Waals surface area contributed by atoms with Crippen molar-refractivity contribution >= 4 is 0 Å². The van der Waals surface area contributed by atoms with E-state index in [1.165, 1.54) is 11.1 Å². The summed E-state index contributed by atoms with van der Waals surface area (Å²) in [4.78, 5) is 8.26.